The summed E-state index contributed by atoms with van der Waals surface area (Å²) in [5.74, 6) is -1.89. The highest BCUT2D eigenvalue weighted by atomic mass is 19.1. The number of amides is 6. The van der Waals surface area contributed by atoms with Crippen LogP contribution in [-0.2, 0) is 22.7 Å². The van der Waals surface area contributed by atoms with Gasteiger partial charge in [-0.15, -0.1) is 0 Å². The van der Waals surface area contributed by atoms with Crippen LogP contribution < -0.4 is 5.32 Å². The Bertz CT molecular complexity index is 1620. The first-order valence-electron chi connectivity index (χ1n) is 14.5. The second-order valence-electron chi connectivity index (χ2n) is 11.5. The predicted octanol–water partition coefficient (Wildman–Crippen LogP) is 2.68. The van der Waals surface area contributed by atoms with E-state index in [2.05, 4.69) is 5.32 Å². The molecule has 3 aliphatic rings. The zero-order chi connectivity index (χ0) is 32.4. The lowest BCUT2D eigenvalue weighted by molar-refractivity contribution is -0.136. The standard InChI is InChI=1S/C31H32F2N8O4/c1-37-28(42)12-26(40(30(37)44)16-21-10-23(32)7-5-19(21)14-34)36-25-4-3-9-39(18-25)27-13-29(43)38(2)31(45)41(27)17-22-11-24(33)8-6-20(22)15-35/h5-8,10-11,25-27,36H,3-4,9,12-13,16-18H2,1-2H3/t25-,26?,27?/m1/s1. The van der Waals surface area contributed by atoms with Crippen LogP contribution in [0.3, 0.4) is 0 Å². The summed E-state index contributed by atoms with van der Waals surface area (Å²) in [6, 6.07) is 10.0. The molecule has 12 nitrogen and oxygen atoms in total. The van der Waals surface area contributed by atoms with Crippen molar-refractivity contribution in [2.75, 3.05) is 27.2 Å². The lowest BCUT2D eigenvalue weighted by Gasteiger charge is -2.48. The van der Waals surface area contributed by atoms with Crippen molar-refractivity contribution in [3.8, 4) is 12.1 Å². The van der Waals surface area contributed by atoms with Gasteiger partial charge in [0.2, 0.25) is 11.8 Å². The average Bonchev–Trinajstić information content (AvgIpc) is 3.02. The van der Waals surface area contributed by atoms with Crippen LogP contribution in [0.2, 0.25) is 0 Å². The molecule has 3 atom stereocenters. The molecular weight excluding hydrogens is 586 g/mol. The number of hydrogen-bond acceptors (Lipinski definition) is 8. The van der Waals surface area contributed by atoms with E-state index in [1.54, 1.807) is 0 Å². The molecular formula is C31H32F2N8O4. The SMILES string of the molecule is CN1C(=O)CC(N[C@@H]2CCCN(C3CC(=O)N(C)C(=O)N3Cc3cc(F)ccc3C#N)C2)N(Cc2cc(F)ccc2C#N)C1=O. The summed E-state index contributed by atoms with van der Waals surface area (Å²) in [6.45, 7) is 0.704. The molecule has 3 saturated heterocycles. The normalized spacial score (nSPS) is 22.9. The highest BCUT2D eigenvalue weighted by Gasteiger charge is 2.43. The Kier molecular flexibility index (Phi) is 9.09. The van der Waals surface area contributed by atoms with E-state index in [4.69, 9.17) is 0 Å². The maximum absolute atomic E-state index is 14.1. The number of hydrogen-bond donors (Lipinski definition) is 1. The van der Waals surface area contributed by atoms with Gasteiger partial charge in [-0.3, -0.25) is 29.6 Å². The van der Waals surface area contributed by atoms with Crippen molar-refractivity contribution in [1.29, 1.82) is 10.5 Å². The lowest BCUT2D eigenvalue weighted by atomic mass is 10.0. The van der Waals surface area contributed by atoms with Crippen LogP contribution in [0.4, 0.5) is 18.4 Å². The summed E-state index contributed by atoms with van der Waals surface area (Å²) in [5.41, 5.74) is 1.05. The zero-order valence-corrected chi connectivity index (χ0v) is 24.9. The number of nitrogens with one attached hydrogen (secondary N) is 1. The van der Waals surface area contributed by atoms with Crippen LogP contribution in [-0.4, -0.2) is 93.9 Å². The Hall–Kier alpha value is -4.92. The van der Waals surface area contributed by atoms with Crippen LogP contribution in [0.15, 0.2) is 36.4 Å². The summed E-state index contributed by atoms with van der Waals surface area (Å²) in [4.78, 5) is 59.0. The fraction of sp³-hybridized carbons (Fsp3) is 0.419. The van der Waals surface area contributed by atoms with Gasteiger partial charge in [0.1, 0.15) is 11.6 Å². The van der Waals surface area contributed by atoms with Crippen molar-refractivity contribution in [1.82, 2.24) is 29.8 Å². The molecule has 0 radical (unpaired) electrons. The van der Waals surface area contributed by atoms with E-state index in [0.717, 1.165) is 9.80 Å². The van der Waals surface area contributed by atoms with E-state index in [1.807, 2.05) is 17.0 Å². The molecule has 5 rings (SSSR count). The monoisotopic (exact) mass is 618 g/mol. The number of carbonyl (C=O) groups is 4. The number of piperidine rings is 1. The van der Waals surface area contributed by atoms with Crippen molar-refractivity contribution in [3.63, 3.8) is 0 Å². The Morgan fingerprint density at radius 2 is 1.36 bits per heavy atom. The molecule has 0 aliphatic carbocycles. The molecule has 0 saturated carbocycles. The quantitative estimate of drug-likeness (QED) is 0.499. The molecule has 3 fully saturated rings. The number of imide groups is 2. The molecule has 2 unspecified atom stereocenters. The molecule has 2 aromatic rings. The molecule has 14 heteroatoms. The number of urea groups is 2. The smallest absolute Gasteiger partial charge is 0.304 e. The highest BCUT2D eigenvalue weighted by molar-refractivity contribution is 5.97. The van der Waals surface area contributed by atoms with Crippen molar-refractivity contribution in [2.45, 2.75) is 57.1 Å². The van der Waals surface area contributed by atoms with Crippen LogP contribution >= 0.6 is 0 Å². The first-order valence-corrected chi connectivity index (χ1v) is 14.5. The number of rotatable bonds is 7. The molecule has 0 aromatic heterocycles. The maximum Gasteiger partial charge on any atom is 0.328 e. The zero-order valence-electron chi connectivity index (χ0n) is 24.9. The van der Waals surface area contributed by atoms with Crippen molar-refractivity contribution >= 4 is 23.9 Å². The van der Waals surface area contributed by atoms with Gasteiger partial charge in [0.05, 0.1) is 61.5 Å². The van der Waals surface area contributed by atoms with E-state index >= 15 is 0 Å². The van der Waals surface area contributed by atoms with Crippen LogP contribution in [0, 0.1) is 34.3 Å². The minimum atomic E-state index is -0.761. The molecule has 234 valence electrons. The van der Waals surface area contributed by atoms with E-state index in [-0.39, 0.29) is 49.0 Å². The number of nitriles is 2. The molecule has 6 amide bonds. The molecule has 2 aromatic carbocycles. The van der Waals surface area contributed by atoms with E-state index in [1.165, 1.54) is 60.3 Å². The lowest BCUT2D eigenvalue weighted by Crippen LogP contribution is -2.65. The summed E-state index contributed by atoms with van der Waals surface area (Å²) in [6.07, 6.45) is -0.171. The molecule has 3 aliphatic heterocycles. The van der Waals surface area contributed by atoms with Gasteiger partial charge in [0, 0.05) is 33.2 Å². The fourth-order valence-corrected chi connectivity index (χ4v) is 6.16. The van der Waals surface area contributed by atoms with Gasteiger partial charge >= 0.3 is 12.1 Å². The van der Waals surface area contributed by atoms with E-state index in [0.29, 0.717) is 37.1 Å². The number of likely N-dealkylation sites (tertiary alicyclic amines) is 1. The Labute approximate surface area is 259 Å². The average molecular weight is 619 g/mol. The van der Waals surface area contributed by atoms with Gasteiger partial charge in [-0.25, -0.2) is 18.4 Å². The minimum Gasteiger partial charge on any atom is -0.304 e. The molecule has 45 heavy (non-hydrogen) atoms. The van der Waals surface area contributed by atoms with Gasteiger partial charge in [0.25, 0.3) is 0 Å². The topological polar surface area (TPSA) is 144 Å². The largest absolute Gasteiger partial charge is 0.328 e. The van der Waals surface area contributed by atoms with Gasteiger partial charge in [-0.1, -0.05) is 0 Å². The van der Waals surface area contributed by atoms with Gasteiger partial charge < -0.3 is 9.80 Å². The molecule has 0 spiro atoms. The first-order chi connectivity index (χ1) is 21.5. The molecule has 3 heterocycles. The molecule has 1 N–H and O–H groups in total. The second-order valence-corrected chi connectivity index (χ2v) is 11.5. The third-order valence-corrected chi connectivity index (χ3v) is 8.63. The summed E-state index contributed by atoms with van der Waals surface area (Å²) < 4.78 is 28.2. The number of benzene rings is 2. The summed E-state index contributed by atoms with van der Waals surface area (Å²) >= 11 is 0. The molecule has 0 bridgehead atoms. The third-order valence-electron chi connectivity index (χ3n) is 8.63. The van der Waals surface area contributed by atoms with Crippen molar-refractivity contribution < 1.29 is 28.0 Å². The second kappa shape index (κ2) is 13.0. The summed E-state index contributed by atoms with van der Waals surface area (Å²) in [7, 11) is 2.75. The minimum absolute atomic E-state index is 0.0139. The van der Waals surface area contributed by atoms with Crippen LogP contribution in [0.5, 0.6) is 0 Å². The number of halogens is 2. The maximum atomic E-state index is 14.1. The highest BCUT2D eigenvalue weighted by Crippen LogP contribution is 2.28. The Balaban J connectivity index is 1.37. The van der Waals surface area contributed by atoms with E-state index in [9.17, 15) is 38.5 Å². The number of nitrogens with zero attached hydrogens (tertiary/aromatic N) is 7. The van der Waals surface area contributed by atoms with Crippen LogP contribution in [0.1, 0.15) is 47.9 Å². The number of carbonyl (C=O) groups excluding carboxylic acids is 4. The Morgan fingerprint density at radius 3 is 1.93 bits per heavy atom. The predicted molar refractivity (Wildman–Crippen MR) is 154 cm³/mol. The van der Waals surface area contributed by atoms with Crippen molar-refractivity contribution in [2.24, 2.45) is 0 Å². The Morgan fingerprint density at radius 1 is 0.822 bits per heavy atom. The van der Waals surface area contributed by atoms with Gasteiger partial charge in [-0.2, -0.15) is 10.5 Å². The first kappa shape index (κ1) is 31.5. The van der Waals surface area contributed by atoms with Gasteiger partial charge in [0.15, 0.2) is 0 Å². The van der Waals surface area contributed by atoms with Crippen molar-refractivity contribution in [3.05, 3.63) is 70.3 Å². The van der Waals surface area contributed by atoms with E-state index < -0.39 is 41.9 Å². The van der Waals surface area contributed by atoms with Gasteiger partial charge in [-0.05, 0) is 60.4 Å². The van der Waals surface area contributed by atoms with Crippen LogP contribution in [0.25, 0.3) is 0 Å². The third kappa shape index (κ3) is 6.48. The summed E-state index contributed by atoms with van der Waals surface area (Å²) in [5, 5.41) is 22.5. The fourth-order valence-electron chi connectivity index (χ4n) is 6.16.